The first kappa shape index (κ1) is 12.7. The van der Waals surface area contributed by atoms with E-state index in [4.69, 9.17) is 5.73 Å². The highest BCUT2D eigenvalue weighted by Gasteiger charge is 2.16. The second kappa shape index (κ2) is 5.12. The van der Waals surface area contributed by atoms with Crippen LogP contribution in [-0.4, -0.2) is 33.4 Å². The van der Waals surface area contributed by atoms with Crippen LogP contribution in [0.5, 0.6) is 0 Å². The lowest BCUT2D eigenvalue weighted by Gasteiger charge is -2.10. The molecule has 0 aliphatic carbocycles. The summed E-state index contributed by atoms with van der Waals surface area (Å²) in [6, 6.07) is 6.41. The van der Waals surface area contributed by atoms with Gasteiger partial charge in [-0.05, 0) is 24.3 Å². The summed E-state index contributed by atoms with van der Waals surface area (Å²) in [7, 11) is -0.359. The zero-order valence-electron chi connectivity index (χ0n) is 9.27. The van der Waals surface area contributed by atoms with Crippen molar-refractivity contribution >= 4 is 10.0 Å². The van der Waals surface area contributed by atoms with Gasteiger partial charge < -0.3 is 5.73 Å². The number of hydrogen-bond donors (Lipinski definition) is 1. The van der Waals surface area contributed by atoms with Gasteiger partial charge in [0.15, 0.2) is 0 Å². The molecule has 1 aromatic rings. The van der Waals surface area contributed by atoms with E-state index in [-0.39, 0.29) is 11.4 Å². The van der Waals surface area contributed by atoms with Crippen molar-refractivity contribution in [2.45, 2.75) is 4.90 Å². The lowest BCUT2D eigenvalue weighted by Crippen LogP contribution is -2.22. The quantitative estimate of drug-likeness (QED) is 0.751. The first-order chi connectivity index (χ1) is 7.48. The van der Waals surface area contributed by atoms with Gasteiger partial charge in [-0.2, -0.15) is 0 Å². The van der Waals surface area contributed by atoms with Crippen molar-refractivity contribution in [2.75, 3.05) is 20.6 Å². The number of nitrogens with zero attached hydrogens (tertiary/aromatic N) is 1. The minimum Gasteiger partial charge on any atom is -0.320 e. The molecule has 0 aliphatic heterocycles. The highest BCUT2D eigenvalue weighted by atomic mass is 32.2. The first-order valence-corrected chi connectivity index (χ1v) is 6.14. The lowest BCUT2D eigenvalue weighted by atomic mass is 10.2. The summed E-state index contributed by atoms with van der Waals surface area (Å²) in [5.41, 5.74) is 5.99. The van der Waals surface area contributed by atoms with E-state index in [1.807, 2.05) is 0 Å². The van der Waals surface area contributed by atoms with Crippen LogP contribution >= 0.6 is 0 Å². The zero-order chi connectivity index (χ0) is 12.2. The van der Waals surface area contributed by atoms with E-state index >= 15 is 0 Å². The van der Waals surface area contributed by atoms with Crippen LogP contribution in [0.4, 0.5) is 0 Å². The second-order valence-electron chi connectivity index (χ2n) is 3.32. The molecule has 0 radical (unpaired) electrons. The van der Waals surface area contributed by atoms with Gasteiger partial charge in [0.05, 0.1) is 11.4 Å². The van der Waals surface area contributed by atoms with Crippen molar-refractivity contribution in [3.63, 3.8) is 0 Å². The Balaban J connectivity index is 3.05. The predicted molar refractivity (Wildman–Crippen MR) is 63.2 cm³/mol. The summed E-state index contributed by atoms with van der Waals surface area (Å²) in [6.07, 6.45) is 0. The molecule has 0 aromatic heterocycles. The van der Waals surface area contributed by atoms with Crippen molar-refractivity contribution in [3.8, 4) is 11.8 Å². The number of sulfonamides is 1. The fourth-order valence-electron chi connectivity index (χ4n) is 1.07. The number of benzene rings is 1. The summed E-state index contributed by atoms with van der Waals surface area (Å²) < 4.78 is 24.6. The largest absolute Gasteiger partial charge is 0.320 e. The van der Waals surface area contributed by atoms with E-state index in [0.29, 0.717) is 0 Å². The average molecular weight is 238 g/mol. The standard InChI is InChI=1S/C11H14N2O2S/c1-13(2)16(14,15)11-7-5-10(6-8-11)4-3-9-12/h5-8H,9,12H2,1-2H3. The van der Waals surface area contributed by atoms with Crippen molar-refractivity contribution in [3.05, 3.63) is 29.8 Å². The smallest absolute Gasteiger partial charge is 0.242 e. The Morgan fingerprint density at radius 2 is 1.81 bits per heavy atom. The third-order valence-electron chi connectivity index (χ3n) is 1.97. The van der Waals surface area contributed by atoms with Crippen LogP contribution in [0.2, 0.25) is 0 Å². The van der Waals surface area contributed by atoms with Gasteiger partial charge in [-0.1, -0.05) is 11.8 Å². The van der Waals surface area contributed by atoms with Gasteiger partial charge in [0, 0.05) is 19.7 Å². The van der Waals surface area contributed by atoms with Gasteiger partial charge in [0.2, 0.25) is 10.0 Å². The van der Waals surface area contributed by atoms with Crippen molar-refractivity contribution < 1.29 is 8.42 Å². The molecule has 0 bridgehead atoms. The Morgan fingerprint density at radius 1 is 1.25 bits per heavy atom. The lowest BCUT2D eigenvalue weighted by molar-refractivity contribution is 0.521. The van der Waals surface area contributed by atoms with E-state index in [1.54, 1.807) is 12.1 Å². The molecule has 0 saturated carbocycles. The Bertz CT molecular complexity index is 507. The van der Waals surface area contributed by atoms with Crippen LogP contribution < -0.4 is 5.73 Å². The van der Waals surface area contributed by atoms with Crippen molar-refractivity contribution in [2.24, 2.45) is 5.73 Å². The third kappa shape index (κ3) is 2.83. The molecule has 0 saturated heterocycles. The minimum absolute atomic E-state index is 0.260. The Morgan fingerprint density at radius 3 is 2.25 bits per heavy atom. The highest BCUT2D eigenvalue weighted by molar-refractivity contribution is 7.89. The van der Waals surface area contributed by atoms with Gasteiger partial charge in [-0.3, -0.25) is 0 Å². The maximum atomic E-state index is 11.7. The van der Waals surface area contributed by atoms with Crippen molar-refractivity contribution in [1.29, 1.82) is 0 Å². The molecule has 1 rings (SSSR count). The summed E-state index contributed by atoms with van der Waals surface area (Å²) in [6.45, 7) is 0.289. The van der Waals surface area contributed by atoms with E-state index in [0.717, 1.165) is 5.56 Å². The molecule has 0 unspecified atom stereocenters. The van der Waals surface area contributed by atoms with E-state index in [9.17, 15) is 8.42 Å². The molecule has 1 aromatic carbocycles. The summed E-state index contributed by atoms with van der Waals surface area (Å²) in [4.78, 5) is 0.260. The average Bonchev–Trinajstić information content (AvgIpc) is 2.26. The highest BCUT2D eigenvalue weighted by Crippen LogP contribution is 2.13. The molecule has 0 spiro atoms. The van der Waals surface area contributed by atoms with Gasteiger partial charge in [-0.25, -0.2) is 12.7 Å². The maximum absolute atomic E-state index is 11.7. The SMILES string of the molecule is CN(C)S(=O)(=O)c1ccc(C#CCN)cc1. The van der Waals surface area contributed by atoms with Crippen LogP contribution in [0.15, 0.2) is 29.2 Å². The van der Waals surface area contributed by atoms with Gasteiger partial charge in [-0.15, -0.1) is 0 Å². The number of hydrogen-bond acceptors (Lipinski definition) is 3. The third-order valence-corrected chi connectivity index (χ3v) is 3.80. The fraction of sp³-hybridized carbons (Fsp3) is 0.273. The van der Waals surface area contributed by atoms with Crippen LogP contribution in [0.25, 0.3) is 0 Å². The summed E-state index contributed by atoms with van der Waals surface area (Å²) >= 11 is 0. The molecule has 2 N–H and O–H groups in total. The maximum Gasteiger partial charge on any atom is 0.242 e. The molecule has 4 nitrogen and oxygen atoms in total. The number of nitrogens with two attached hydrogens (primary N) is 1. The number of rotatable bonds is 2. The molecule has 0 atom stereocenters. The first-order valence-electron chi connectivity index (χ1n) is 4.70. The fourth-order valence-corrected chi connectivity index (χ4v) is 1.98. The van der Waals surface area contributed by atoms with Gasteiger partial charge >= 0.3 is 0 Å². The Kier molecular flexibility index (Phi) is 4.07. The molecule has 0 amide bonds. The molecular formula is C11H14N2O2S. The monoisotopic (exact) mass is 238 g/mol. The molecule has 0 aliphatic rings. The van der Waals surface area contributed by atoms with Gasteiger partial charge in [0.1, 0.15) is 0 Å². The zero-order valence-corrected chi connectivity index (χ0v) is 10.1. The van der Waals surface area contributed by atoms with Crippen molar-refractivity contribution in [1.82, 2.24) is 4.31 Å². The van der Waals surface area contributed by atoms with E-state index in [1.165, 1.54) is 30.5 Å². The Hall–Kier alpha value is -1.35. The van der Waals surface area contributed by atoms with E-state index in [2.05, 4.69) is 11.8 Å². The molecule has 5 heteroatoms. The van der Waals surface area contributed by atoms with Crippen LogP contribution in [0.3, 0.4) is 0 Å². The molecule has 86 valence electrons. The predicted octanol–water partition coefficient (Wildman–Crippen LogP) is 0.247. The summed E-state index contributed by atoms with van der Waals surface area (Å²) in [5.74, 6) is 5.53. The summed E-state index contributed by atoms with van der Waals surface area (Å²) in [5, 5.41) is 0. The van der Waals surface area contributed by atoms with Crippen LogP contribution in [0, 0.1) is 11.8 Å². The molecule has 16 heavy (non-hydrogen) atoms. The normalized spacial score (nSPS) is 11.0. The molecule has 0 heterocycles. The van der Waals surface area contributed by atoms with Gasteiger partial charge in [0.25, 0.3) is 0 Å². The minimum atomic E-state index is -3.35. The molecule has 0 fully saturated rings. The Labute approximate surface area is 96.1 Å². The van der Waals surface area contributed by atoms with Crippen LogP contribution in [0.1, 0.15) is 5.56 Å². The van der Waals surface area contributed by atoms with Crippen LogP contribution in [-0.2, 0) is 10.0 Å². The van der Waals surface area contributed by atoms with E-state index < -0.39 is 10.0 Å². The second-order valence-corrected chi connectivity index (χ2v) is 5.47. The molecular weight excluding hydrogens is 224 g/mol. The topological polar surface area (TPSA) is 63.4 Å².